The van der Waals surface area contributed by atoms with Gasteiger partial charge in [-0.05, 0) is 42.5 Å². The molecule has 1 aromatic heterocycles. The van der Waals surface area contributed by atoms with Crippen LogP contribution in [0.1, 0.15) is 10.6 Å². The Morgan fingerprint density at radius 2 is 1.83 bits per heavy atom. The van der Waals surface area contributed by atoms with Crippen molar-refractivity contribution in [3.63, 3.8) is 0 Å². The van der Waals surface area contributed by atoms with Crippen LogP contribution in [0.15, 0.2) is 63.5 Å². The van der Waals surface area contributed by atoms with E-state index in [0.717, 1.165) is 10.0 Å². The van der Waals surface area contributed by atoms with Gasteiger partial charge in [0.2, 0.25) is 0 Å². The third kappa shape index (κ3) is 3.57. The number of rotatable bonds is 3. The van der Waals surface area contributed by atoms with Gasteiger partial charge in [-0.15, -0.1) is 0 Å². The number of nitrogen functional groups attached to an aromatic ring is 1. The minimum atomic E-state index is -0.352. The molecule has 116 valence electrons. The highest BCUT2D eigenvalue weighted by molar-refractivity contribution is 9.10. The van der Waals surface area contributed by atoms with E-state index >= 15 is 0 Å². The lowest BCUT2D eigenvalue weighted by Gasteiger charge is -2.05. The van der Waals surface area contributed by atoms with Crippen LogP contribution in [0.4, 0.5) is 11.4 Å². The second-order valence-corrected chi connectivity index (χ2v) is 6.18. The maximum atomic E-state index is 12.2. The molecule has 0 spiro atoms. The maximum absolute atomic E-state index is 12.2. The molecule has 0 bridgehead atoms. The highest BCUT2D eigenvalue weighted by Crippen LogP contribution is 2.26. The second-order valence-electron chi connectivity index (χ2n) is 4.86. The molecule has 6 heteroatoms. The quantitative estimate of drug-likeness (QED) is 0.603. The molecule has 2 aromatic carbocycles. The number of nitrogens with two attached hydrogens (primary N) is 1. The van der Waals surface area contributed by atoms with Crippen LogP contribution in [0.2, 0.25) is 5.02 Å². The molecule has 3 N–H and O–H groups in total. The van der Waals surface area contributed by atoms with Crippen molar-refractivity contribution in [2.75, 3.05) is 11.1 Å². The third-order valence-electron chi connectivity index (χ3n) is 3.21. The van der Waals surface area contributed by atoms with E-state index in [1.54, 1.807) is 30.3 Å². The van der Waals surface area contributed by atoms with Crippen LogP contribution in [-0.2, 0) is 0 Å². The molecule has 1 amide bonds. The van der Waals surface area contributed by atoms with E-state index in [1.165, 1.54) is 0 Å². The summed E-state index contributed by atoms with van der Waals surface area (Å²) < 4.78 is 6.59. The molecule has 0 atom stereocenters. The number of hydrogen-bond donors (Lipinski definition) is 2. The van der Waals surface area contributed by atoms with Crippen LogP contribution in [0.5, 0.6) is 0 Å². The molecule has 0 aliphatic rings. The van der Waals surface area contributed by atoms with Crippen molar-refractivity contribution in [2.45, 2.75) is 0 Å². The first-order valence-corrected chi connectivity index (χ1v) is 7.92. The summed E-state index contributed by atoms with van der Waals surface area (Å²) in [7, 11) is 0. The molecule has 0 saturated heterocycles. The molecule has 0 unspecified atom stereocenters. The van der Waals surface area contributed by atoms with Crippen LogP contribution in [0.3, 0.4) is 0 Å². The van der Waals surface area contributed by atoms with Crippen molar-refractivity contribution in [1.82, 2.24) is 0 Å². The van der Waals surface area contributed by atoms with Gasteiger partial charge in [-0.2, -0.15) is 0 Å². The number of carbonyl (C=O) groups is 1. The maximum Gasteiger partial charge on any atom is 0.291 e. The smallest absolute Gasteiger partial charge is 0.291 e. The van der Waals surface area contributed by atoms with Crippen molar-refractivity contribution < 1.29 is 9.21 Å². The third-order valence-corrected chi connectivity index (χ3v) is 4.09. The lowest BCUT2D eigenvalue weighted by Crippen LogP contribution is -2.11. The first kappa shape index (κ1) is 15.6. The van der Waals surface area contributed by atoms with Crippen LogP contribution < -0.4 is 11.1 Å². The Morgan fingerprint density at radius 1 is 1.09 bits per heavy atom. The lowest BCUT2D eigenvalue weighted by atomic mass is 10.2. The van der Waals surface area contributed by atoms with E-state index in [1.807, 2.05) is 24.3 Å². The number of amides is 1. The molecule has 0 saturated carbocycles. The highest BCUT2D eigenvalue weighted by Gasteiger charge is 2.13. The fourth-order valence-electron chi connectivity index (χ4n) is 2.04. The van der Waals surface area contributed by atoms with Gasteiger partial charge in [-0.1, -0.05) is 39.7 Å². The van der Waals surface area contributed by atoms with Gasteiger partial charge in [0.15, 0.2) is 5.76 Å². The van der Waals surface area contributed by atoms with Crippen molar-refractivity contribution in [1.29, 1.82) is 0 Å². The van der Waals surface area contributed by atoms with Gasteiger partial charge >= 0.3 is 0 Å². The first-order valence-electron chi connectivity index (χ1n) is 6.75. The van der Waals surface area contributed by atoms with E-state index in [0.29, 0.717) is 22.2 Å². The van der Waals surface area contributed by atoms with Crippen molar-refractivity contribution in [3.8, 4) is 11.3 Å². The predicted octanol–water partition coefficient (Wildman–Crippen LogP) is 5.20. The van der Waals surface area contributed by atoms with Crippen LogP contribution >= 0.6 is 27.5 Å². The van der Waals surface area contributed by atoms with Crippen molar-refractivity contribution >= 4 is 44.8 Å². The van der Waals surface area contributed by atoms with E-state index in [9.17, 15) is 4.79 Å². The van der Waals surface area contributed by atoms with Crippen molar-refractivity contribution in [2.24, 2.45) is 0 Å². The van der Waals surface area contributed by atoms with E-state index in [4.69, 9.17) is 21.8 Å². The summed E-state index contributed by atoms with van der Waals surface area (Å²) in [5.74, 6) is 0.491. The SMILES string of the molecule is Nc1cc(NC(=O)c2ccc(-c3ccc(Br)cc3)o2)ccc1Cl. The van der Waals surface area contributed by atoms with Gasteiger partial charge in [0.1, 0.15) is 5.76 Å². The Morgan fingerprint density at radius 3 is 2.52 bits per heavy atom. The largest absolute Gasteiger partial charge is 0.451 e. The Kier molecular flexibility index (Phi) is 4.41. The monoisotopic (exact) mass is 390 g/mol. The molecule has 0 radical (unpaired) electrons. The predicted molar refractivity (Wildman–Crippen MR) is 95.7 cm³/mol. The Labute approximate surface area is 146 Å². The van der Waals surface area contributed by atoms with Crippen LogP contribution in [-0.4, -0.2) is 5.91 Å². The van der Waals surface area contributed by atoms with Crippen LogP contribution in [0.25, 0.3) is 11.3 Å². The van der Waals surface area contributed by atoms with Gasteiger partial charge < -0.3 is 15.5 Å². The zero-order valence-corrected chi connectivity index (χ0v) is 14.2. The number of hydrogen-bond acceptors (Lipinski definition) is 3. The Hall–Kier alpha value is -2.24. The molecular formula is C17H12BrClN2O2. The fourth-order valence-corrected chi connectivity index (χ4v) is 2.43. The van der Waals surface area contributed by atoms with Gasteiger partial charge in [0.25, 0.3) is 5.91 Å². The minimum Gasteiger partial charge on any atom is -0.451 e. The number of anilines is 2. The molecule has 0 aliphatic heterocycles. The molecule has 0 fully saturated rings. The van der Waals surface area contributed by atoms with Crippen LogP contribution in [0, 0.1) is 0 Å². The average Bonchev–Trinajstić information content (AvgIpc) is 3.02. The summed E-state index contributed by atoms with van der Waals surface area (Å²) in [5, 5.41) is 3.16. The Balaban J connectivity index is 1.78. The molecular weight excluding hydrogens is 380 g/mol. The fraction of sp³-hybridized carbons (Fsp3) is 0. The zero-order chi connectivity index (χ0) is 16.4. The minimum absolute atomic E-state index is 0.219. The van der Waals surface area contributed by atoms with Crippen molar-refractivity contribution in [3.05, 3.63) is 69.9 Å². The number of nitrogens with one attached hydrogen (secondary N) is 1. The van der Waals surface area contributed by atoms with Gasteiger partial charge in [-0.25, -0.2) is 0 Å². The van der Waals surface area contributed by atoms with E-state index < -0.39 is 0 Å². The van der Waals surface area contributed by atoms with Gasteiger partial charge in [0.05, 0.1) is 10.7 Å². The first-order chi connectivity index (χ1) is 11.0. The normalized spacial score (nSPS) is 10.5. The topological polar surface area (TPSA) is 68.3 Å². The molecule has 3 aromatic rings. The summed E-state index contributed by atoms with van der Waals surface area (Å²) in [6.07, 6.45) is 0. The summed E-state index contributed by atoms with van der Waals surface area (Å²) in [4.78, 5) is 12.2. The highest BCUT2D eigenvalue weighted by atomic mass is 79.9. The standard InChI is InChI=1S/C17H12BrClN2O2/c18-11-3-1-10(2-4-11)15-7-8-16(23-15)17(22)21-12-5-6-13(19)14(20)9-12/h1-9H,20H2,(H,21,22). The molecule has 23 heavy (non-hydrogen) atoms. The molecule has 4 nitrogen and oxygen atoms in total. The van der Waals surface area contributed by atoms with Gasteiger partial charge in [0, 0.05) is 15.7 Å². The Bertz CT molecular complexity index is 859. The summed E-state index contributed by atoms with van der Waals surface area (Å²) in [5.41, 5.74) is 7.56. The molecule has 1 heterocycles. The molecule has 0 aliphatic carbocycles. The molecule has 3 rings (SSSR count). The zero-order valence-electron chi connectivity index (χ0n) is 11.8. The number of furan rings is 1. The average molecular weight is 392 g/mol. The lowest BCUT2D eigenvalue weighted by molar-refractivity contribution is 0.0997. The van der Waals surface area contributed by atoms with Gasteiger partial charge in [-0.3, -0.25) is 4.79 Å². The van der Waals surface area contributed by atoms with E-state index in [2.05, 4.69) is 21.2 Å². The number of halogens is 2. The second kappa shape index (κ2) is 6.48. The number of carbonyl (C=O) groups excluding carboxylic acids is 1. The van der Waals surface area contributed by atoms with E-state index in [-0.39, 0.29) is 11.7 Å². The summed E-state index contributed by atoms with van der Waals surface area (Å²) in [6.45, 7) is 0. The number of benzene rings is 2. The summed E-state index contributed by atoms with van der Waals surface area (Å²) >= 11 is 9.24. The summed E-state index contributed by atoms with van der Waals surface area (Å²) in [6, 6.07) is 15.9.